The van der Waals surface area contributed by atoms with Gasteiger partial charge in [-0.15, -0.1) is 0 Å². The van der Waals surface area contributed by atoms with Gasteiger partial charge >= 0.3 is 92.5 Å². The van der Waals surface area contributed by atoms with E-state index in [2.05, 4.69) is 0 Å². The summed E-state index contributed by atoms with van der Waals surface area (Å²) in [5.41, 5.74) is 0. The van der Waals surface area contributed by atoms with E-state index < -0.39 is 36.3 Å². The average molecular weight is 361 g/mol. The fourth-order valence-electron chi connectivity index (χ4n) is 0.471. The number of hydrogen-bond donors (Lipinski definition) is 0. The summed E-state index contributed by atoms with van der Waals surface area (Å²) in [5, 5.41) is 0. The van der Waals surface area contributed by atoms with Crippen molar-refractivity contribution in [3.8, 4) is 0 Å². The van der Waals surface area contributed by atoms with Gasteiger partial charge in [0, 0.05) is 0 Å². The molecule has 0 saturated carbocycles. The van der Waals surface area contributed by atoms with Crippen LogP contribution in [0.1, 0.15) is 0 Å². The van der Waals surface area contributed by atoms with Crippen molar-refractivity contribution in [2.24, 2.45) is 0 Å². The zero-order valence-corrected chi connectivity index (χ0v) is 10.8. The Hall–Kier alpha value is 0.773. The summed E-state index contributed by atoms with van der Waals surface area (Å²) in [5.74, 6) is 0. The second-order valence-corrected chi connectivity index (χ2v) is 9.83. The van der Waals surface area contributed by atoms with Crippen LogP contribution in [0.25, 0.3) is 0 Å². The van der Waals surface area contributed by atoms with Crippen LogP contribution < -0.4 is 0 Å². The summed E-state index contributed by atoms with van der Waals surface area (Å²) in [6, 6.07) is 0. The molecule has 0 aliphatic heterocycles. The van der Waals surface area contributed by atoms with Gasteiger partial charge in [-0.3, -0.25) is 0 Å². The molecule has 0 aliphatic rings. The van der Waals surface area contributed by atoms with E-state index in [1.54, 1.807) is 0 Å². The van der Waals surface area contributed by atoms with Crippen molar-refractivity contribution in [1.29, 1.82) is 0 Å². The van der Waals surface area contributed by atoms with E-state index in [-0.39, 0.29) is 4.31 Å². The summed E-state index contributed by atoms with van der Waals surface area (Å²) in [7, 11) is 6.61. The third-order valence-electron chi connectivity index (χ3n) is 0.932. The summed E-state index contributed by atoms with van der Waals surface area (Å²) in [6.45, 7) is -1.60. The Morgan fingerprint density at radius 1 is 1.43 bits per heavy atom. The molecule has 0 bridgehead atoms. The van der Waals surface area contributed by atoms with E-state index in [0.29, 0.717) is 6.26 Å². The van der Waals surface area contributed by atoms with Gasteiger partial charge in [0.05, 0.1) is 0 Å². The summed E-state index contributed by atoms with van der Waals surface area (Å²) in [6.07, 6.45) is -3.96. The first kappa shape index (κ1) is 14.8. The Balaban J connectivity index is 4.87. The molecular formula is C4H6Cl2F3NO2RuS. The molecule has 14 heavy (non-hydrogen) atoms. The van der Waals surface area contributed by atoms with Crippen LogP contribution in [0.3, 0.4) is 0 Å². The predicted octanol–water partition coefficient (Wildman–Crippen LogP) is 1.50. The summed E-state index contributed by atoms with van der Waals surface area (Å²) < 4.78 is 58.2. The maximum atomic E-state index is 11.9. The number of rotatable bonds is 3. The van der Waals surface area contributed by atoms with Crippen molar-refractivity contribution in [3.05, 3.63) is 0 Å². The van der Waals surface area contributed by atoms with Crippen LogP contribution in [0.4, 0.5) is 13.2 Å². The van der Waals surface area contributed by atoms with E-state index in [1.165, 1.54) is 0 Å². The Labute approximate surface area is 92.3 Å². The average Bonchev–Trinajstić information content (AvgIpc) is 1.78. The standard InChI is InChI=1S/C4H6F3NO2S.2ClH.Ru/c1-8(11(2,9)10)3-4(5,6)7;;;/h1H,3H2,2H3;2*1H;/q;;;+2/p-2. The Kier molecular flexibility index (Phi) is 5.50. The van der Waals surface area contributed by atoms with Crippen LogP contribution in [0.2, 0.25) is 0 Å². The minimum atomic E-state index is -4.61. The zero-order chi connectivity index (χ0) is 11.6. The van der Waals surface area contributed by atoms with E-state index in [1.807, 2.05) is 0 Å². The first-order valence-electron chi connectivity index (χ1n) is 2.89. The van der Waals surface area contributed by atoms with Crippen LogP contribution in [-0.2, 0) is 23.5 Å². The van der Waals surface area contributed by atoms with Crippen molar-refractivity contribution in [3.63, 3.8) is 0 Å². The molecule has 0 aromatic carbocycles. The van der Waals surface area contributed by atoms with Gasteiger partial charge in [0.15, 0.2) is 0 Å². The van der Waals surface area contributed by atoms with Crippen LogP contribution in [0, 0.1) is 0 Å². The van der Waals surface area contributed by atoms with Gasteiger partial charge in [-0.25, -0.2) is 0 Å². The van der Waals surface area contributed by atoms with E-state index >= 15 is 0 Å². The monoisotopic (exact) mass is 361 g/mol. The molecule has 0 saturated heterocycles. The van der Waals surface area contributed by atoms with Gasteiger partial charge in [0.25, 0.3) is 0 Å². The van der Waals surface area contributed by atoms with Gasteiger partial charge in [0.1, 0.15) is 0 Å². The molecular weight excluding hydrogens is 355 g/mol. The molecule has 0 aliphatic carbocycles. The van der Waals surface area contributed by atoms with E-state index in [9.17, 15) is 21.6 Å². The van der Waals surface area contributed by atoms with Crippen molar-refractivity contribution >= 4 is 34.1 Å². The van der Waals surface area contributed by atoms with Gasteiger partial charge in [-0.1, -0.05) is 0 Å². The topological polar surface area (TPSA) is 37.4 Å². The van der Waals surface area contributed by atoms with Crippen molar-refractivity contribution < 1.29 is 35.1 Å². The fraction of sp³-hybridized carbons (Fsp3) is 0.750. The van der Waals surface area contributed by atoms with Gasteiger partial charge < -0.3 is 0 Å². The third kappa shape index (κ3) is 7.12. The van der Waals surface area contributed by atoms with Crippen LogP contribution in [-0.4, -0.2) is 36.4 Å². The third-order valence-corrected chi connectivity index (χ3v) is 4.01. The number of nitrogens with zero attached hydrogens (tertiary/aromatic N) is 1. The Bertz CT molecular complexity index is 324. The zero-order valence-electron chi connectivity index (χ0n) is 6.70. The van der Waals surface area contributed by atoms with Crippen molar-refractivity contribution in [2.45, 2.75) is 6.18 Å². The van der Waals surface area contributed by atoms with Crippen LogP contribution in [0.15, 0.2) is 0 Å². The van der Waals surface area contributed by atoms with Crippen molar-refractivity contribution in [2.75, 3.05) is 12.8 Å². The molecule has 0 heterocycles. The molecule has 10 heteroatoms. The second-order valence-electron chi connectivity index (χ2n) is 2.22. The molecule has 0 atom stereocenters. The molecule has 0 fully saturated rings. The van der Waals surface area contributed by atoms with E-state index in [4.69, 9.17) is 19.4 Å². The molecule has 0 amide bonds. The van der Waals surface area contributed by atoms with Crippen molar-refractivity contribution in [1.82, 2.24) is 4.31 Å². The second kappa shape index (κ2) is 5.21. The molecule has 0 unspecified atom stereocenters. The predicted molar refractivity (Wildman–Crippen MR) is 45.4 cm³/mol. The normalized spacial score (nSPS) is 14.4. The molecule has 0 radical (unpaired) electrons. The van der Waals surface area contributed by atoms with Gasteiger partial charge in [0.2, 0.25) is 0 Å². The van der Waals surface area contributed by atoms with Gasteiger partial charge in [-0.05, 0) is 0 Å². The summed E-state index contributed by atoms with van der Waals surface area (Å²) in [4.78, 5) is 0. The van der Waals surface area contributed by atoms with Crippen LogP contribution >= 0.6 is 19.4 Å². The quantitative estimate of drug-likeness (QED) is 0.715. The molecule has 88 valence electrons. The van der Waals surface area contributed by atoms with Crippen LogP contribution in [0.5, 0.6) is 0 Å². The Morgan fingerprint density at radius 3 is 2.07 bits per heavy atom. The molecule has 0 N–H and O–H groups in total. The number of hydrogen-bond acceptors (Lipinski definition) is 2. The first-order chi connectivity index (χ1) is 6.02. The first-order valence-corrected chi connectivity index (χ1v) is 10.2. The Morgan fingerprint density at radius 2 is 1.86 bits per heavy atom. The van der Waals surface area contributed by atoms with E-state index in [0.717, 1.165) is 4.73 Å². The molecule has 0 spiro atoms. The molecule has 3 nitrogen and oxygen atoms in total. The SMILES string of the molecule is CS(=O)(=O)N([CH]=[Ru]([Cl])[Cl])CC(F)(F)F. The summed E-state index contributed by atoms with van der Waals surface area (Å²) >= 11 is -2.59. The number of alkyl halides is 3. The molecule has 0 rings (SSSR count). The number of halogens is 5. The number of sulfonamides is 1. The molecule has 0 aromatic rings. The maximum absolute atomic E-state index is 11.9. The fourth-order valence-corrected chi connectivity index (χ4v) is 4.43. The minimum absolute atomic E-state index is 0.117. The van der Waals surface area contributed by atoms with Gasteiger partial charge in [-0.2, -0.15) is 0 Å². The molecule has 0 aromatic heterocycles.